The molecule has 0 saturated carbocycles. The highest BCUT2D eigenvalue weighted by Gasteiger charge is 2.29. The molecule has 2 aliphatic rings. The van der Waals surface area contributed by atoms with Crippen molar-refractivity contribution in [2.24, 2.45) is 5.73 Å². The molecule has 0 radical (unpaired) electrons. The molecular formula is C14H19ClN2O3. The van der Waals surface area contributed by atoms with Gasteiger partial charge in [-0.25, -0.2) is 0 Å². The predicted octanol–water partition coefficient (Wildman–Crippen LogP) is 1.49. The second kappa shape index (κ2) is 6.43. The second-order valence-corrected chi connectivity index (χ2v) is 4.97. The highest BCUT2D eigenvalue weighted by molar-refractivity contribution is 5.94. The number of rotatable bonds is 3. The summed E-state index contributed by atoms with van der Waals surface area (Å²) in [5, 5.41) is 2.90. The van der Waals surface area contributed by atoms with E-state index in [2.05, 4.69) is 5.32 Å². The largest absolute Gasteiger partial charge is 0.493 e. The zero-order valence-corrected chi connectivity index (χ0v) is 11.9. The summed E-state index contributed by atoms with van der Waals surface area (Å²) in [6.45, 7) is 1.19. The maximum absolute atomic E-state index is 12.1. The molecule has 20 heavy (non-hydrogen) atoms. The molecule has 0 bridgehead atoms. The molecule has 2 atom stereocenters. The van der Waals surface area contributed by atoms with E-state index in [4.69, 9.17) is 15.2 Å². The zero-order valence-electron chi connectivity index (χ0n) is 11.1. The van der Waals surface area contributed by atoms with Gasteiger partial charge in [0.2, 0.25) is 0 Å². The van der Waals surface area contributed by atoms with Crippen LogP contribution in [0.5, 0.6) is 5.75 Å². The van der Waals surface area contributed by atoms with Crippen LogP contribution >= 0.6 is 12.4 Å². The van der Waals surface area contributed by atoms with Gasteiger partial charge in [0.1, 0.15) is 11.9 Å². The molecule has 1 fully saturated rings. The molecule has 1 amide bonds. The normalized spacial score (nSPS) is 23.6. The molecule has 0 aliphatic carbocycles. The molecule has 3 rings (SSSR count). The fourth-order valence-corrected chi connectivity index (χ4v) is 2.56. The third-order valence-electron chi connectivity index (χ3n) is 3.62. The Bertz CT molecular complexity index is 495. The number of nitrogens with one attached hydrogen (secondary N) is 1. The monoisotopic (exact) mass is 298 g/mol. The standard InChI is InChI=1S/C14H18N2O3.ClH/c15-8-11-2-4-13(19-11)14(17)16-10-1-3-12-9(7-10)5-6-18-12;/h1,3,7,11,13H,2,4-6,8,15H2,(H,16,17);1H/t11-,13+;/m1./s1. The van der Waals surface area contributed by atoms with Gasteiger partial charge >= 0.3 is 0 Å². The number of carbonyl (C=O) groups excluding carboxylic acids is 1. The molecular weight excluding hydrogens is 280 g/mol. The predicted molar refractivity (Wildman–Crippen MR) is 78.5 cm³/mol. The topological polar surface area (TPSA) is 73.6 Å². The minimum absolute atomic E-state index is 0. The quantitative estimate of drug-likeness (QED) is 0.887. The number of anilines is 1. The summed E-state index contributed by atoms with van der Waals surface area (Å²) < 4.78 is 11.0. The number of benzene rings is 1. The molecule has 0 spiro atoms. The number of hydrogen-bond donors (Lipinski definition) is 2. The molecule has 0 aromatic heterocycles. The van der Waals surface area contributed by atoms with Crippen LogP contribution in [0.2, 0.25) is 0 Å². The van der Waals surface area contributed by atoms with Crippen molar-refractivity contribution in [1.29, 1.82) is 0 Å². The summed E-state index contributed by atoms with van der Waals surface area (Å²) >= 11 is 0. The SMILES string of the molecule is Cl.NC[C@H]1CC[C@@H](C(=O)Nc2ccc3c(c2)CCO3)O1. The van der Waals surface area contributed by atoms with Crippen LogP contribution in [0.25, 0.3) is 0 Å². The van der Waals surface area contributed by atoms with Crippen LogP contribution in [0.3, 0.4) is 0 Å². The van der Waals surface area contributed by atoms with Gasteiger partial charge < -0.3 is 20.5 Å². The van der Waals surface area contributed by atoms with Crippen molar-refractivity contribution in [3.05, 3.63) is 23.8 Å². The van der Waals surface area contributed by atoms with Gasteiger partial charge in [0, 0.05) is 18.7 Å². The Hall–Kier alpha value is -1.30. The lowest BCUT2D eigenvalue weighted by molar-refractivity contribution is -0.126. The molecule has 110 valence electrons. The van der Waals surface area contributed by atoms with Gasteiger partial charge in [0.25, 0.3) is 5.91 Å². The van der Waals surface area contributed by atoms with E-state index in [1.54, 1.807) is 0 Å². The van der Waals surface area contributed by atoms with Crippen molar-refractivity contribution in [2.75, 3.05) is 18.5 Å². The summed E-state index contributed by atoms with van der Waals surface area (Å²) in [6.07, 6.45) is 2.13. The maximum atomic E-state index is 12.1. The van der Waals surface area contributed by atoms with Crippen molar-refractivity contribution in [1.82, 2.24) is 0 Å². The van der Waals surface area contributed by atoms with E-state index < -0.39 is 0 Å². The van der Waals surface area contributed by atoms with Crippen molar-refractivity contribution in [3.63, 3.8) is 0 Å². The van der Waals surface area contributed by atoms with Gasteiger partial charge in [-0.3, -0.25) is 4.79 Å². The number of carbonyl (C=O) groups is 1. The minimum Gasteiger partial charge on any atom is -0.493 e. The fraction of sp³-hybridized carbons (Fsp3) is 0.500. The van der Waals surface area contributed by atoms with E-state index >= 15 is 0 Å². The molecule has 1 aromatic rings. The highest BCUT2D eigenvalue weighted by Crippen LogP contribution is 2.28. The summed E-state index contributed by atoms with van der Waals surface area (Å²) in [5.41, 5.74) is 7.48. The summed E-state index contributed by atoms with van der Waals surface area (Å²) in [4.78, 5) is 12.1. The minimum atomic E-state index is -0.377. The lowest BCUT2D eigenvalue weighted by Crippen LogP contribution is -2.29. The Balaban J connectivity index is 0.00000147. The smallest absolute Gasteiger partial charge is 0.253 e. The van der Waals surface area contributed by atoms with Crippen LogP contribution in [0, 0.1) is 0 Å². The van der Waals surface area contributed by atoms with Gasteiger partial charge in [-0.15, -0.1) is 12.4 Å². The average molecular weight is 299 g/mol. The van der Waals surface area contributed by atoms with Crippen LogP contribution < -0.4 is 15.8 Å². The molecule has 2 heterocycles. The third-order valence-corrected chi connectivity index (χ3v) is 3.62. The summed E-state index contributed by atoms with van der Waals surface area (Å²) in [6, 6.07) is 5.73. The molecule has 2 aliphatic heterocycles. The van der Waals surface area contributed by atoms with Crippen LogP contribution in [0.4, 0.5) is 5.69 Å². The van der Waals surface area contributed by atoms with E-state index in [0.717, 1.165) is 42.9 Å². The lowest BCUT2D eigenvalue weighted by atomic mass is 10.1. The van der Waals surface area contributed by atoms with Crippen molar-refractivity contribution >= 4 is 24.0 Å². The van der Waals surface area contributed by atoms with Crippen molar-refractivity contribution in [2.45, 2.75) is 31.5 Å². The molecule has 0 unspecified atom stereocenters. The average Bonchev–Trinajstić information content (AvgIpc) is 3.06. The Morgan fingerprint density at radius 3 is 3.00 bits per heavy atom. The Morgan fingerprint density at radius 1 is 1.40 bits per heavy atom. The molecule has 1 aromatic carbocycles. The van der Waals surface area contributed by atoms with Crippen LogP contribution in [0.15, 0.2) is 18.2 Å². The Labute approximate surface area is 124 Å². The maximum Gasteiger partial charge on any atom is 0.253 e. The van der Waals surface area contributed by atoms with Gasteiger partial charge in [-0.05, 0) is 36.6 Å². The molecule has 3 N–H and O–H groups in total. The first-order valence-corrected chi connectivity index (χ1v) is 6.68. The Kier molecular flexibility index (Phi) is 4.86. The first-order valence-electron chi connectivity index (χ1n) is 6.68. The number of halogens is 1. The number of fused-ring (bicyclic) bond motifs is 1. The zero-order chi connectivity index (χ0) is 13.2. The second-order valence-electron chi connectivity index (χ2n) is 4.97. The van der Waals surface area contributed by atoms with Crippen LogP contribution in [-0.4, -0.2) is 31.3 Å². The van der Waals surface area contributed by atoms with E-state index in [9.17, 15) is 4.79 Å². The summed E-state index contributed by atoms with van der Waals surface area (Å²) in [7, 11) is 0. The van der Waals surface area contributed by atoms with Gasteiger partial charge in [-0.2, -0.15) is 0 Å². The highest BCUT2D eigenvalue weighted by atomic mass is 35.5. The van der Waals surface area contributed by atoms with Gasteiger partial charge in [-0.1, -0.05) is 0 Å². The van der Waals surface area contributed by atoms with Crippen molar-refractivity contribution in [3.8, 4) is 5.75 Å². The van der Waals surface area contributed by atoms with E-state index in [1.807, 2.05) is 18.2 Å². The summed E-state index contributed by atoms with van der Waals surface area (Å²) in [5.74, 6) is 0.827. The first-order chi connectivity index (χ1) is 9.26. The molecule has 1 saturated heterocycles. The molecule has 6 heteroatoms. The number of nitrogens with two attached hydrogens (primary N) is 1. The number of hydrogen-bond acceptors (Lipinski definition) is 4. The first kappa shape index (κ1) is 15.1. The number of ether oxygens (including phenoxy) is 2. The van der Waals surface area contributed by atoms with E-state index in [1.165, 1.54) is 0 Å². The number of amides is 1. The van der Waals surface area contributed by atoms with E-state index in [-0.39, 0.29) is 30.5 Å². The van der Waals surface area contributed by atoms with Crippen LogP contribution in [0.1, 0.15) is 18.4 Å². The third kappa shape index (κ3) is 3.06. The van der Waals surface area contributed by atoms with Gasteiger partial charge in [0.05, 0.1) is 12.7 Å². The van der Waals surface area contributed by atoms with Crippen molar-refractivity contribution < 1.29 is 14.3 Å². The lowest BCUT2D eigenvalue weighted by Gasteiger charge is -2.13. The Morgan fingerprint density at radius 2 is 2.25 bits per heavy atom. The van der Waals surface area contributed by atoms with Crippen LogP contribution in [-0.2, 0) is 16.0 Å². The molecule has 5 nitrogen and oxygen atoms in total. The van der Waals surface area contributed by atoms with Gasteiger partial charge in [0.15, 0.2) is 0 Å². The fourth-order valence-electron chi connectivity index (χ4n) is 2.56. The van der Waals surface area contributed by atoms with E-state index in [0.29, 0.717) is 6.54 Å².